The fourth-order valence-electron chi connectivity index (χ4n) is 2.19. The number of rotatable bonds is 4. The molecule has 1 aliphatic rings. The van der Waals surface area contributed by atoms with Gasteiger partial charge in [0.05, 0.1) is 0 Å². The standard InChI is InChI=1S/C15H19ClN2O/c1-18(2)10-12-9-13(7-8-14(12)16)17-15(19)11-5-3-4-6-11/h3-4,7-9,11H,5-6,10H2,1-2H3,(H,17,19). The third-order valence-electron chi connectivity index (χ3n) is 3.18. The Hall–Kier alpha value is -1.32. The Kier molecular flexibility index (Phi) is 4.61. The van der Waals surface area contributed by atoms with Crippen LogP contribution in [0.25, 0.3) is 0 Å². The van der Waals surface area contributed by atoms with Crippen LogP contribution in [0.3, 0.4) is 0 Å². The highest BCUT2D eigenvalue weighted by molar-refractivity contribution is 6.31. The number of benzene rings is 1. The Balaban J connectivity index is 2.05. The summed E-state index contributed by atoms with van der Waals surface area (Å²) >= 11 is 6.15. The Bertz CT molecular complexity index is 489. The van der Waals surface area contributed by atoms with Gasteiger partial charge >= 0.3 is 0 Å². The highest BCUT2D eigenvalue weighted by atomic mass is 35.5. The maximum absolute atomic E-state index is 12.0. The molecule has 1 aliphatic carbocycles. The molecule has 0 radical (unpaired) electrons. The molecule has 0 fully saturated rings. The molecule has 0 atom stereocenters. The molecule has 1 amide bonds. The van der Waals surface area contributed by atoms with Crippen LogP contribution < -0.4 is 5.32 Å². The summed E-state index contributed by atoms with van der Waals surface area (Å²) in [6.45, 7) is 0.757. The van der Waals surface area contributed by atoms with E-state index in [0.29, 0.717) is 0 Å². The summed E-state index contributed by atoms with van der Waals surface area (Å²) in [6.07, 6.45) is 5.79. The van der Waals surface area contributed by atoms with Crippen molar-refractivity contribution < 1.29 is 4.79 Å². The van der Waals surface area contributed by atoms with Crippen LogP contribution in [0, 0.1) is 5.92 Å². The second kappa shape index (κ2) is 6.22. The second-order valence-corrected chi connectivity index (χ2v) is 5.58. The monoisotopic (exact) mass is 278 g/mol. The van der Waals surface area contributed by atoms with Crippen LogP contribution in [-0.4, -0.2) is 24.9 Å². The average Bonchev–Trinajstić information content (AvgIpc) is 2.86. The van der Waals surface area contributed by atoms with E-state index in [1.165, 1.54) is 0 Å². The van der Waals surface area contributed by atoms with E-state index in [9.17, 15) is 4.79 Å². The molecule has 4 heteroatoms. The summed E-state index contributed by atoms with van der Waals surface area (Å²) in [5.41, 5.74) is 1.84. The number of halogens is 1. The smallest absolute Gasteiger partial charge is 0.228 e. The summed E-state index contributed by atoms with van der Waals surface area (Å²) in [5.74, 6) is 0.163. The van der Waals surface area contributed by atoms with Crippen molar-refractivity contribution in [1.82, 2.24) is 4.90 Å². The molecule has 0 unspecified atom stereocenters. The van der Waals surface area contributed by atoms with E-state index in [-0.39, 0.29) is 11.8 Å². The number of nitrogens with one attached hydrogen (secondary N) is 1. The van der Waals surface area contributed by atoms with Crippen molar-refractivity contribution >= 4 is 23.2 Å². The number of amides is 1. The Morgan fingerprint density at radius 3 is 2.68 bits per heavy atom. The highest BCUT2D eigenvalue weighted by Crippen LogP contribution is 2.24. The van der Waals surface area contributed by atoms with Crippen LogP contribution in [0.15, 0.2) is 30.4 Å². The molecule has 0 saturated carbocycles. The average molecular weight is 279 g/mol. The third-order valence-corrected chi connectivity index (χ3v) is 3.55. The quantitative estimate of drug-likeness (QED) is 0.857. The molecule has 2 rings (SSSR count). The van der Waals surface area contributed by atoms with Crippen LogP contribution in [-0.2, 0) is 11.3 Å². The summed E-state index contributed by atoms with van der Waals surface area (Å²) in [6, 6.07) is 5.63. The van der Waals surface area contributed by atoms with Crippen molar-refractivity contribution in [2.45, 2.75) is 19.4 Å². The zero-order valence-electron chi connectivity index (χ0n) is 11.3. The van der Waals surface area contributed by atoms with Crippen LogP contribution >= 0.6 is 11.6 Å². The molecule has 0 aromatic heterocycles. The van der Waals surface area contributed by atoms with Gasteiger partial charge in [-0.15, -0.1) is 0 Å². The van der Waals surface area contributed by atoms with Crippen molar-refractivity contribution in [3.05, 3.63) is 40.9 Å². The lowest BCUT2D eigenvalue weighted by molar-refractivity contribution is -0.119. The number of hydrogen-bond acceptors (Lipinski definition) is 2. The fourth-order valence-corrected chi connectivity index (χ4v) is 2.37. The van der Waals surface area contributed by atoms with Gasteiger partial charge in [-0.1, -0.05) is 23.8 Å². The SMILES string of the molecule is CN(C)Cc1cc(NC(=O)C2CC=CC2)ccc1Cl. The second-order valence-electron chi connectivity index (χ2n) is 5.17. The fraction of sp³-hybridized carbons (Fsp3) is 0.400. The molecular weight excluding hydrogens is 260 g/mol. The zero-order valence-corrected chi connectivity index (χ0v) is 12.1. The molecule has 19 heavy (non-hydrogen) atoms. The van der Waals surface area contributed by atoms with E-state index in [0.717, 1.165) is 35.7 Å². The van der Waals surface area contributed by atoms with Gasteiger partial charge in [0.15, 0.2) is 0 Å². The lowest BCUT2D eigenvalue weighted by Gasteiger charge is -2.14. The molecule has 1 N–H and O–H groups in total. The van der Waals surface area contributed by atoms with E-state index >= 15 is 0 Å². The van der Waals surface area contributed by atoms with Crippen LogP contribution in [0.5, 0.6) is 0 Å². The van der Waals surface area contributed by atoms with E-state index in [1.54, 1.807) is 0 Å². The molecule has 102 valence electrons. The largest absolute Gasteiger partial charge is 0.326 e. The number of allylic oxidation sites excluding steroid dienone is 2. The van der Waals surface area contributed by atoms with Gasteiger partial charge in [-0.25, -0.2) is 0 Å². The number of carbonyl (C=O) groups is 1. The van der Waals surface area contributed by atoms with Crippen molar-refractivity contribution in [1.29, 1.82) is 0 Å². The van der Waals surface area contributed by atoms with Crippen molar-refractivity contribution in [2.24, 2.45) is 5.92 Å². The molecule has 1 aromatic carbocycles. The minimum Gasteiger partial charge on any atom is -0.326 e. The van der Waals surface area contributed by atoms with Crippen LogP contribution in [0.4, 0.5) is 5.69 Å². The summed E-state index contributed by atoms with van der Waals surface area (Å²) in [5, 5.41) is 3.70. The lowest BCUT2D eigenvalue weighted by atomic mass is 10.1. The molecule has 0 bridgehead atoms. The van der Waals surface area contributed by atoms with Gasteiger partial charge in [0.1, 0.15) is 0 Å². The van der Waals surface area contributed by atoms with Crippen LogP contribution in [0.1, 0.15) is 18.4 Å². The van der Waals surface area contributed by atoms with Gasteiger partial charge < -0.3 is 10.2 Å². The summed E-state index contributed by atoms with van der Waals surface area (Å²) < 4.78 is 0. The minimum atomic E-state index is 0.0768. The molecular formula is C15H19ClN2O. The van der Waals surface area contributed by atoms with Crippen molar-refractivity contribution in [3.63, 3.8) is 0 Å². The first-order valence-electron chi connectivity index (χ1n) is 6.45. The molecule has 0 spiro atoms. The maximum atomic E-state index is 12.0. The van der Waals surface area contributed by atoms with Crippen molar-refractivity contribution in [2.75, 3.05) is 19.4 Å². The van der Waals surface area contributed by atoms with Gasteiger partial charge in [-0.05, 0) is 50.7 Å². The summed E-state index contributed by atoms with van der Waals surface area (Å²) in [4.78, 5) is 14.1. The van der Waals surface area contributed by atoms with E-state index in [4.69, 9.17) is 11.6 Å². The third kappa shape index (κ3) is 3.82. The van der Waals surface area contributed by atoms with Gasteiger partial charge in [0.2, 0.25) is 5.91 Å². The van der Waals surface area contributed by atoms with E-state index < -0.39 is 0 Å². The number of hydrogen-bond donors (Lipinski definition) is 1. The molecule has 1 aromatic rings. The van der Waals surface area contributed by atoms with Crippen molar-refractivity contribution in [3.8, 4) is 0 Å². The zero-order chi connectivity index (χ0) is 13.8. The van der Waals surface area contributed by atoms with Gasteiger partial charge in [0, 0.05) is 23.2 Å². The predicted octanol–water partition coefficient (Wildman–Crippen LogP) is 3.31. The normalized spacial score (nSPS) is 15.2. The molecule has 0 aliphatic heterocycles. The Morgan fingerprint density at radius 2 is 2.05 bits per heavy atom. The first-order valence-corrected chi connectivity index (χ1v) is 6.83. The minimum absolute atomic E-state index is 0.0768. The predicted molar refractivity (Wildman–Crippen MR) is 79.3 cm³/mol. The van der Waals surface area contributed by atoms with E-state index in [2.05, 4.69) is 17.5 Å². The first-order chi connectivity index (χ1) is 9.06. The van der Waals surface area contributed by atoms with Gasteiger partial charge in [-0.3, -0.25) is 4.79 Å². The van der Waals surface area contributed by atoms with Gasteiger partial charge in [-0.2, -0.15) is 0 Å². The topological polar surface area (TPSA) is 32.3 Å². The molecule has 3 nitrogen and oxygen atoms in total. The number of anilines is 1. The van der Waals surface area contributed by atoms with E-state index in [1.807, 2.05) is 37.2 Å². The molecule has 0 saturated heterocycles. The highest BCUT2D eigenvalue weighted by Gasteiger charge is 2.19. The lowest BCUT2D eigenvalue weighted by Crippen LogP contribution is -2.20. The summed E-state index contributed by atoms with van der Waals surface area (Å²) in [7, 11) is 3.98. The molecule has 0 heterocycles. The maximum Gasteiger partial charge on any atom is 0.228 e. The van der Waals surface area contributed by atoms with Crippen LogP contribution in [0.2, 0.25) is 5.02 Å². The first kappa shape index (κ1) is 14.1. The van der Waals surface area contributed by atoms with Gasteiger partial charge in [0.25, 0.3) is 0 Å². The number of carbonyl (C=O) groups excluding carboxylic acids is 1. The Morgan fingerprint density at radius 1 is 1.37 bits per heavy atom. The number of nitrogens with zero attached hydrogens (tertiary/aromatic N) is 1. The Labute approximate surface area is 119 Å².